The van der Waals surface area contributed by atoms with Gasteiger partial charge < -0.3 is 4.90 Å². The Morgan fingerprint density at radius 1 is 1.18 bits per heavy atom. The smallest absolute Gasteiger partial charge is 0.142 e. The molecule has 17 heavy (non-hydrogen) atoms. The second-order valence-corrected chi connectivity index (χ2v) is 5.37. The van der Waals surface area contributed by atoms with Crippen molar-refractivity contribution in [2.75, 3.05) is 18.0 Å². The zero-order valence-corrected chi connectivity index (χ0v) is 12.8. The minimum absolute atomic E-state index is 1.09. The molecule has 0 atom stereocenters. The highest BCUT2D eigenvalue weighted by Gasteiger charge is 2.10. The van der Waals surface area contributed by atoms with Gasteiger partial charge in [0, 0.05) is 19.3 Å². The van der Waals surface area contributed by atoms with Gasteiger partial charge in [0.25, 0.3) is 0 Å². The van der Waals surface area contributed by atoms with Crippen molar-refractivity contribution in [3.8, 4) is 0 Å². The van der Waals surface area contributed by atoms with Crippen molar-refractivity contribution >= 4 is 21.7 Å². The van der Waals surface area contributed by atoms with E-state index >= 15 is 0 Å². The minimum Gasteiger partial charge on any atom is -0.356 e. The fourth-order valence-corrected chi connectivity index (χ4v) is 2.49. The van der Waals surface area contributed by atoms with E-state index in [0.29, 0.717) is 0 Å². The van der Waals surface area contributed by atoms with Crippen LogP contribution in [-0.4, -0.2) is 18.1 Å². The lowest BCUT2D eigenvalue weighted by Crippen LogP contribution is -2.26. The lowest BCUT2D eigenvalue weighted by molar-refractivity contribution is 0.670. The number of hydrogen-bond donors (Lipinski definition) is 0. The highest BCUT2D eigenvalue weighted by Crippen LogP contribution is 2.25. The van der Waals surface area contributed by atoms with Crippen LogP contribution in [0.4, 0.5) is 5.82 Å². The van der Waals surface area contributed by atoms with Crippen molar-refractivity contribution in [1.29, 1.82) is 0 Å². The van der Waals surface area contributed by atoms with Crippen molar-refractivity contribution < 1.29 is 0 Å². The van der Waals surface area contributed by atoms with E-state index in [1.54, 1.807) is 0 Å². The van der Waals surface area contributed by atoms with Gasteiger partial charge in [-0.15, -0.1) is 0 Å². The summed E-state index contributed by atoms with van der Waals surface area (Å²) in [5.41, 5.74) is 1.20. The van der Waals surface area contributed by atoms with E-state index in [0.717, 1.165) is 23.4 Å². The number of aromatic nitrogens is 1. The predicted molar refractivity (Wildman–Crippen MR) is 78.7 cm³/mol. The average Bonchev–Trinajstić information content (AvgIpc) is 2.30. The van der Waals surface area contributed by atoms with Gasteiger partial charge in [0.2, 0.25) is 0 Å². The third-order valence-electron chi connectivity index (χ3n) is 2.82. The van der Waals surface area contributed by atoms with Crippen LogP contribution in [0.1, 0.15) is 45.1 Å². The predicted octanol–water partition coefficient (Wildman–Crippen LogP) is 4.56. The Morgan fingerprint density at radius 3 is 2.24 bits per heavy atom. The van der Waals surface area contributed by atoms with E-state index in [1.807, 2.05) is 6.20 Å². The first kappa shape index (κ1) is 14.5. The van der Waals surface area contributed by atoms with Gasteiger partial charge in [-0.1, -0.05) is 26.7 Å². The molecule has 0 bridgehead atoms. The van der Waals surface area contributed by atoms with Crippen LogP contribution >= 0.6 is 15.9 Å². The highest BCUT2D eigenvalue weighted by molar-refractivity contribution is 9.10. The van der Waals surface area contributed by atoms with Gasteiger partial charge in [0.05, 0.1) is 4.47 Å². The minimum atomic E-state index is 1.09. The van der Waals surface area contributed by atoms with E-state index in [9.17, 15) is 0 Å². The van der Waals surface area contributed by atoms with Crippen LogP contribution < -0.4 is 4.90 Å². The average molecular weight is 299 g/mol. The summed E-state index contributed by atoms with van der Waals surface area (Å²) < 4.78 is 1.12. The second kappa shape index (κ2) is 7.70. The Hall–Kier alpha value is -0.570. The molecule has 96 valence electrons. The number of hydrogen-bond acceptors (Lipinski definition) is 2. The molecule has 0 saturated carbocycles. The molecule has 0 N–H and O–H groups in total. The van der Waals surface area contributed by atoms with Gasteiger partial charge in [-0.3, -0.25) is 0 Å². The van der Waals surface area contributed by atoms with E-state index in [1.165, 1.54) is 31.2 Å². The summed E-state index contributed by atoms with van der Waals surface area (Å²) in [4.78, 5) is 6.96. The largest absolute Gasteiger partial charge is 0.356 e. The van der Waals surface area contributed by atoms with Crippen LogP contribution in [0.15, 0.2) is 16.7 Å². The Morgan fingerprint density at radius 2 is 1.76 bits per heavy atom. The lowest BCUT2D eigenvalue weighted by Gasteiger charge is -2.24. The summed E-state index contributed by atoms with van der Waals surface area (Å²) in [6, 6.07) is 2.15. The number of aryl methyl sites for hydroxylation is 1. The molecule has 0 unspecified atom stereocenters. The van der Waals surface area contributed by atoms with Crippen LogP contribution in [0.3, 0.4) is 0 Å². The molecule has 1 rings (SSSR count). The standard InChI is InChI=1S/C14H23BrN2/c1-4-6-8-17(9-7-5-2)14-13(15)10-12(3)11-16-14/h10-11H,4-9H2,1-3H3. The number of halogens is 1. The third-order valence-corrected chi connectivity index (χ3v) is 3.40. The SMILES string of the molecule is CCCCN(CCCC)c1ncc(C)cc1Br. The number of unbranched alkanes of at least 4 members (excludes halogenated alkanes) is 2. The summed E-state index contributed by atoms with van der Waals surface area (Å²) in [6.45, 7) is 8.74. The quantitative estimate of drug-likeness (QED) is 0.733. The number of rotatable bonds is 7. The fourth-order valence-electron chi connectivity index (χ4n) is 1.78. The molecule has 0 aromatic carbocycles. The van der Waals surface area contributed by atoms with Crippen molar-refractivity contribution in [2.24, 2.45) is 0 Å². The summed E-state index contributed by atoms with van der Waals surface area (Å²) in [5.74, 6) is 1.09. The Balaban J connectivity index is 2.79. The van der Waals surface area contributed by atoms with Crippen molar-refractivity contribution in [3.63, 3.8) is 0 Å². The van der Waals surface area contributed by atoms with Crippen molar-refractivity contribution in [1.82, 2.24) is 4.98 Å². The molecule has 0 spiro atoms. The molecule has 0 radical (unpaired) electrons. The van der Waals surface area contributed by atoms with Crippen molar-refractivity contribution in [2.45, 2.75) is 46.5 Å². The molecule has 3 heteroatoms. The second-order valence-electron chi connectivity index (χ2n) is 4.51. The lowest BCUT2D eigenvalue weighted by atomic mass is 10.2. The molecule has 0 amide bonds. The van der Waals surface area contributed by atoms with Crippen LogP contribution in [0.2, 0.25) is 0 Å². The van der Waals surface area contributed by atoms with Gasteiger partial charge in [-0.2, -0.15) is 0 Å². The first-order valence-corrected chi connectivity index (χ1v) is 7.35. The molecule has 0 fully saturated rings. The van der Waals surface area contributed by atoms with Gasteiger partial charge in [-0.25, -0.2) is 4.98 Å². The molecule has 0 aliphatic heterocycles. The Labute approximate surface area is 114 Å². The van der Waals surface area contributed by atoms with Crippen LogP contribution in [-0.2, 0) is 0 Å². The molecule has 1 aromatic rings. The molecular weight excluding hydrogens is 276 g/mol. The normalized spacial score (nSPS) is 10.6. The number of pyridine rings is 1. The first-order valence-electron chi connectivity index (χ1n) is 6.56. The topological polar surface area (TPSA) is 16.1 Å². The van der Waals surface area contributed by atoms with Gasteiger partial charge >= 0.3 is 0 Å². The molecule has 0 saturated heterocycles. The maximum atomic E-state index is 4.56. The van der Waals surface area contributed by atoms with Gasteiger partial charge in [-0.05, 0) is 47.3 Å². The zero-order valence-electron chi connectivity index (χ0n) is 11.2. The molecule has 1 heterocycles. The monoisotopic (exact) mass is 298 g/mol. The maximum absolute atomic E-state index is 4.56. The van der Waals surface area contributed by atoms with Crippen LogP contribution in [0, 0.1) is 6.92 Å². The highest BCUT2D eigenvalue weighted by atomic mass is 79.9. The van der Waals surface area contributed by atoms with E-state index in [2.05, 4.69) is 52.7 Å². The zero-order chi connectivity index (χ0) is 12.7. The summed E-state index contributed by atoms with van der Waals surface area (Å²) in [7, 11) is 0. The molecule has 0 aliphatic rings. The summed E-state index contributed by atoms with van der Waals surface area (Å²) in [6.07, 6.45) is 6.86. The molecular formula is C14H23BrN2. The summed E-state index contributed by atoms with van der Waals surface area (Å²) >= 11 is 3.63. The Kier molecular flexibility index (Phi) is 6.56. The van der Waals surface area contributed by atoms with E-state index < -0.39 is 0 Å². The molecule has 1 aromatic heterocycles. The maximum Gasteiger partial charge on any atom is 0.142 e. The Bertz CT molecular complexity index is 331. The number of anilines is 1. The summed E-state index contributed by atoms with van der Waals surface area (Å²) in [5, 5.41) is 0. The number of nitrogens with zero attached hydrogens (tertiary/aromatic N) is 2. The molecule has 2 nitrogen and oxygen atoms in total. The van der Waals surface area contributed by atoms with Gasteiger partial charge in [0.15, 0.2) is 0 Å². The van der Waals surface area contributed by atoms with E-state index in [4.69, 9.17) is 0 Å². The van der Waals surface area contributed by atoms with Crippen LogP contribution in [0.25, 0.3) is 0 Å². The van der Waals surface area contributed by atoms with Gasteiger partial charge in [0.1, 0.15) is 5.82 Å². The first-order chi connectivity index (χ1) is 8.19. The fraction of sp³-hybridized carbons (Fsp3) is 0.643. The van der Waals surface area contributed by atoms with Crippen molar-refractivity contribution in [3.05, 3.63) is 22.3 Å². The molecule has 0 aliphatic carbocycles. The van der Waals surface area contributed by atoms with Crippen LogP contribution in [0.5, 0.6) is 0 Å². The van der Waals surface area contributed by atoms with E-state index in [-0.39, 0.29) is 0 Å². The third kappa shape index (κ3) is 4.66.